The zero-order valence-corrected chi connectivity index (χ0v) is 9.73. The van der Waals surface area contributed by atoms with Gasteiger partial charge in [-0.3, -0.25) is 14.9 Å². The number of nitro benzene ring substituents is 1. The zero-order chi connectivity index (χ0) is 13.9. The minimum atomic E-state index is -1.19. The van der Waals surface area contributed by atoms with Gasteiger partial charge >= 0.3 is 0 Å². The monoisotopic (exact) mass is 251 g/mol. The first kappa shape index (κ1) is 13.6. The molecule has 0 saturated heterocycles. The molecule has 94 valence electrons. The van der Waals surface area contributed by atoms with Crippen molar-refractivity contribution in [2.45, 2.75) is 19.4 Å². The molecule has 0 saturated carbocycles. The van der Waals surface area contributed by atoms with E-state index in [4.69, 9.17) is 5.26 Å². The molecular weight excluding hydrogens is 241 g/mol. The lowest BCUT2D eigenvalue weighted by Crippen LogP contribution is -2.42. The number of amides is 1. The number of nitrogens with one attached hydrogen (secondary N) is 1. The number of rotatable bonds is 3. The quantitative estimate of drug-likeness (QED) is 0.654. The molecule has 1 amide bonds. The average molecular weight is 251 g/mol. The predicted molar refractivity (Wildman–Crippen MR) is 60.2 cm³/mol. The van der Waals surface area contributed by atoms with Crippen molar-refractivity contribution in [3.63, 3.8) is 0 Å². The third-order valence-corrected chi connectivity index (χ3v) is 2.11. The molecule has 1 N–H and O–H groups in total. The number of nitro groups is 1. The minimum absolute atomic E-state index is 0.392. The summed E-state index contributed by atoms with van der Waals surface area (Å²) in [6, 6.07) is 4.44. The summed E-state index contributed by atoms with van der Waals surface area (Å²) < 4.78 is 13.4. The van der Waals surface area contributed by atoms with Crippen LogP contribution in [0.2, 0.25) is 0 Å². The van der Waals surface area contributed by atoms with Crippen LogP contribution in [0.5, 0.6) is 0 Å². The van der Waals surface area contributed by atoms with E-state index in [2.05, 4.69) is 5.32 Å². The predicted octanol–water partition coefficient (Wildman–Crippen LogP) is 1.77. The number of hydrogen-bond acceptors (Lipinski definition) is 4. The van der Waals surface area contributed by atoms with Crippen molar-refractivity contribution in [1.29, 1.82) is 5.26 Å². The van der Waals surface area contributed by atoms with Gasteiger partial charge in [0.15, 0.2) is 0 Å². The molecule has 18 heavy (non-hydrogen) atoms. The van der Waals surface area contributed by atoms with Crippen LogP contribution in [0.1, 0.15) is 24.2 Å². The van der Waals surface area contributed by atoms with Crippen molar-refractivity contribution < 1.29 is 14.1 Å². The van der Waals surface area contributed by atoms with E-state index in [0.717, 1.165) is 18.2 Å². The lowest BCUT2D eigenvalue weighted by atomic mass is 10.1. The number of nitriles is 1. The van der Waals surface area contributed by atoms with Gasteiger partial charge in [-0.15, -0.1) is 0 Å². The van der Waals surface area contributed by atoms with Gasteiger partial charge in [0.05, 0.1) is 16.6 Å². The molecule has 0 radical (unpaired) electrons. The van der Waals surface area contributed by atoms with Gasteiger partial charge in [-0.1, -0.05) is 0 Å². The second-order valence-electron chi connectivity index (χ2n) is 4.11. The molecule has 6 nitrogen and oxygen atoms in total. The smallest absolute Gasteiger partial charge is 0.270 e. The van der Waals surface area contributed by atoms with Crippen molar-refractivity contribution in [1.82, 2.24) is 5.32 Å². The second-order valence-corrected chi connectivity index (χ2v) is 4.11. The van der Waals surface area contributed by atoms with Crippen molar-refractivity contribution in [2.75, 3.05) is 0 Å². The number of halogens is 1. The van der Waals surface area contributed by atoms with E-state index in [0.29, 0.717) is 0 Å². The summed E-state index contributed by atoms with van der Waals surface area (Å²) in [4.78, 5) is 21.5. The highest BCUT2D eigenvalue weighted by Crippen LogP contribution is 2.17. The van der Waals surface area contributed by atoms with Crippen LogP contribution < -0.4 is 5.32 Å². The molecule has 1 aromatic carbocycles. The number of hydrogen-bond donors (Lipinski definition) is 1. The van der Waals surface area contributed by atoms with Gasteiger partial charge in [-0.05, 0) is 19.9 Å². The largest absolute Gasteiger partial charge is 0.334 e. The molecule has 0 bridgehead atoms. The number of nitrogens with zero attached hydrogens (tertiary/aromatic N) is 2. The van der Waals surface area contributed by atoms with Gasteiger partial charge in [0.1, 0.15) is 11.4 Å². The highest BCUT2D eigenvalue weighted by Gasteiger charge is 2.23. The lowest BCUT2D eigenvalue weighted by molar-refractivity contribution is -0.384. The Hall–Kier alpha value is -2.49. The molecule has 1 aromatic rings. The molecule has 0 heterocycles. The molecule has 0 spiro atoms. The summed E-state index contributed by atoms with van der Waals surface area (Å²) in [5, 5.41) is 21.5. The average Bonchev–Trinajstić information content (AvgIpc) is 2.28. The summed E-state index contributed by atoms with van der Waals surface area (Å²) in [7, 11) is 0. The Morgan fingerprint density at radius 1 is 1.56 bits per heavy atom. The van der Waals surface area contributed by atoms with E-state index in [1.54, 1.807) is 0 Å². The van der Waals surface area contributed by atoms with E-state index in [-0.39, 0.29) is 0 Å². The van der Waals surface area contributed by atoms with Crippen LogP contribution in [0.4, 0.5) is 10.1 Å². The van der Waals surface area contributed by atoms with Gasteiger partial charge < -0.3 is 5.32 Å². The molecule has 1 rings (SSSR count). The number of non-ortho nitro benzene ring substituents is 1. The standard InChI is InChI=1S/C11H10FN3O3/c1-11(2,6-13)14-10(16)8-5-7(15(17)18)3-4-9(8)12/h3-5H,1-2H3,(H,14,16). The van der Waals surface area contributed by atoms with Crippen LogP contribution >= 0.6 is 0 Å². The van der Waals surface area contributed by atoms with Crippen LogP contribution in [-0.2, 0) is 0 Å². The molecule has 7 heteroatoms. The van der Waals surface area contributed by atoms with E-state index in [1.807, 2.05) is 6.07 Å². The molecule has 0 fully saturated rings. The van der Waals surface area contributed by atoms with E-state index < -0.39 is 33.4 Å². The SMILES string of the molecule is CC(C)(C#N)NC(=O)c1cc([N+](=O)[O-])ccc1F. The first-order valence-electron chi connectivity index (χ1n) is 4.94. The third kappa shape index (κ3) is 3.01. The summed E-state index contributed by atoms with van der Waals surface area (Å²) in [6.45, 7) is 2.86. The van der Waals surface area contributed by atoms with E-state index in [9.17, 15) is 19.3 Å². The Morgan fingerprint density at radius 3 is 2.67 bits per heavy atom. The van der Waals surface area contributed by atoms with Gasteiger partial charge in [-0.2, -0.15) is 5.26 Å². The topological polar surface area (TPSA) is 96.0 Å². The van der Waals surface area contributed by atoms with Crippen LogP contribution in [0.3, 0.4) is 0 Å². The molecule has 0 aromatic heterocycles. The third-order valence-electron chi connectivity index (χ3n) is 2.11. The highest BCUT2D eigenvalue weighted by atomic mass is 19.1. The van der Waals surface area contributed by atoms with E-state index >= 15 is 0 Å². The maximum Gasteiger partial charge on any atom is 0.270 e. The second kappa shape index (κ2) is 4.79. The highest BCUT2D eigenvalue weighted by molar-refractivity contribution is 5.95. The van der Waals surface area contributed by atoms with Crippen molar-refractivity contribution >= 4 is 11.6 Å². The Bertz CT molecular complexity index is 549. The van der Waals surface area contributed by atoms with Crippen molar-refractivity contribution in [3.05, 3.63) is 39.7 Å². The molecule has 0 atom stereocenters. The fourth-order valence-corrected chi connectivity index (χ4v) is 1.18. The fraction of sp³-hybridized carbons (Fsp3) is 0.273. The molecular formula is C11H10FN3O3. The first-order chi connectivity index (χ1) is 8.26. The van der Waals surface area contributed by atoms with Crippen LogP contribution in [-0.4, -0.2) is 16.4 Å². The lowest BCUT2D eigenvalue weighted by Gasteiger charge is -2.17. The Morgan fingerprint density at radius 2 is 2.17 bits per heavy atom. The maximum absolute atomic E-state index is 13.4. The number of carbonyl (C=O) groups is 1. The van der Waals surface area contributed by atoms with Gasteiger partial charge in [0.25, 0.3) is 11.6 Å². The normalized spacial score (nSPS) is 10.6. The van der Waals surface area contributed by atoms with Crippen LogP contribution in [0.25, 0.3) is 0 Å². The first-order valence-corrected chi connectivity index (χ1v) is 4.94. The molecule has 0 aliphatic carbocycles. The minimum Gasteiger partial charge on any atom is -0.334 e. The molecule has 0 unspecified atom stereocenters. The van der Waals surface area contributed by atoms with Crippen LogP contribution in [0.15, 0.2) is 18.2 Å². The molecule has 0 aliphatic heterocycles. The summed E-state index contributed by atoms with van der Waals surface area (Å²) in [5.41, 5.74) is -2.04. The Balaban J connectivity index is 3.10. The van der Waals surface area contributed by atoms with E-state index in [1.165, 1.54) is 13.8 Å². The van der Waals surface area contributed by atoms with Crippen molar-refractivity contribution in [2.24, 2.45) is 0 Å². The summed E-state index contributed by atoms with van der Waals surface area (Å²) >= 11 is 0. The maximum atomic E-state index is 13.4. The number of carbonyl (C=O) groups excluding carboxylic acids is 1. The Labute approximate surface area is 102 Å². The van der Waals surface area contributed by atoms with Gasteiger partial charge in [0, 0.05) is 12.1 Å². The Kier molecular flexibility index (Phi) is 3.61. The summed E-state index contributed by atoms with van der Waals surface area (Å²) in [6.07, 6.45) is 0. The zero-order valence-electron chi connectivity index (χ0n) is 9.73. The van der Waals surface area contributed by atoms with Gasteiger partial charge in [-0.25, -0.2) is 4.39 Å². The van der Waals surface area contributed by atoms with Gasteiger partial charge in [0.2, 0.25) is 0 Å². The van der Waals surface area contributed by atoms with Crippen molar-refractivity contribution in [3.8, 4) is 6.07 Å². The molecule has 0 aliphatic rings. The summed E-state index contributed by atoms with van der Waals surface area (Å²) in [5.74, 6) is -1.76. The van der Waals surface area contributed by atoms with Crippen LogP contribution in [0, 0.1) is 27.3 Å². The fourth-order valence-electron chi connectivity index (χ4n) is 1.18. The number of benzene rings is 1.